The lowest BCUT2D eigenvalue weighted by atomic mass is 9.80. The Morgan fingerprint density at radius 2 is 1.54 bits per heavy atom. The number of hydrogen-bond acceptors (Lipinski definition) is 8. The molecule has 0 aromatic heterocycles. The van der Waals surface area contributed by atoms with Gasteiger partial charge in [0.1, 0.15) is 6.54 Å². The van der Waals surface area contributed by atoms with Crippen molar-refractivity contribution in [3.8, 4) is 11.8 Å². The fraction of sp³-hybridized carbons (Fsp3) is 0.308. The lowest BCUT2D eigenvalue weighted by Gasteiger charge is -2.27. The van der Waals surface area contributed by atoms with Crippen LogP contribution in [0.3, 0.4) is 0 Å². The molecule has 0 bridgehead atoms. The van der Waals surface area contributed by atoms with Crippen LogP contribution in [0, 0.1) is 11.8 Å². The molecule has 0 saturated heterocycles. The van der Waals surface area contributed by atoms with Crippen molar-refractivity contribution in [3.63, 3.8) is 0 Å². The van der Waals surface area contributed by atoms with E-state index in [-0.39, 0.29) is 18.6 Å². The van der Waals surface area contributed by atoms with Gasteiger partial charge in [0.15, 0.2) is 5.71 Å². The fourth-order valence-corrected chi connectivity index (χ4v) is 7.90. The predicted molar refractivity (Wildman–Crippen MR) is 205 cm³/mol. The number of fused-ring (bicyclic) bond motifs is 2. The van der Waals surface area contributed by atoms with Crippen LogP contribution in [0.1, 0.15) is 57.2 Å². The van der Waals surface area contributed by atoms with Crippen LogP contribution < -0.4 is 10.4 Å². The minimum atomic E-state index is -4.38. The van der Waals surface area contributed by atoms with E-state index in [1.807, 2.05) is 77.4 Å². The highest BCUT2D eigenvalue weighted by molar-refractivity contribution is 7.85. The van der Waals surface area contributed by atoms with Crippen molar-refractivity contribution in [1.82, 2.24) is 0 Å². The second-order valence-electron chi connectivity index (χ2n) is 14.0. The minimum Gasteiger partial charge on any atom is -0.748 e. The maximum Gasteiger partial charge on any atom is 0.488 e. The third-order valence-corrected chi connectivity index (χ3v) is 11.2. The maximum absolute atomic E-state index is 11.6. The molecule has 0 atom stereocenters. The number of anilines is 1. The summed E-state index contributed by atoms with van der Waals surface area (Å²) in [6.45, 7) is 9.06. The van der Waals surface area contributed by atoms with Crippen molar-refractivity contribution >= 4 is 49.9 Å². The third kappa shape index (κ3) is 9.01. The first-order chi connectivity index (χ1) is 24.4. The quantitative estimate of drug-likeness (QED) is 0.0815. The van der Waals surface area contributed by atoms with Gasteiger partial charge in [0, 0.05) is 64.4 Å². The summed E-state index contributed by atoms with van der Waals surface area (Å²) in [5.41, 5.74) is 6.56. The van der Waals surface area contributed by atoms with Crippen molar-refractivity contribution in [2.24, 2.45) is 0 Å². The Balaban J connectivity index is 1.60. The van der Waals surface area contributed by atoms with Crippen LogP contribution in [0.2, 0.25) is 0 Å². The molecule has 0 aliphatic carbocycles. The predicted octanol–water partition coefficient (Wildman–Crippen LogP) is 4.17. The summed E-state index contributed by atoms with van der Waals surface area (Å²) in [6, 6.07) is 22.4. The van der Waals surface area contributed by atoms with Gasteiger partial charge in [-0.05, 0) is 67.7 Å². The topological polar surface area (TPSA) is 158 Å². The number of para-hydroxylation sites is 2. The van der Waals surface area contributed by atoms with E-state index in [0.717, 1.165) is 33.9 Å². The molecule has 0 saturated carbocycles. The Morgan fingerprint density at radius 3 is 2.19 bits per heavy atom. The van der Waals surface area contributed by atoms with Gasteiger partial charge in [-0.2, -0.15) is 13.0 Å². The molecule has 0 unspecified atom stereocenters. The SMILES string of the molecule is CC1(C)C(/C=C/C(C#Cc2ccc(B(O)O)cc2)=C/C=C2\N(CCCS(=O)(=O)O)c3ccccc3C2(C)C)=[N+](CCCS(=O)(=O)[O-])c2ccccc21. The van der Waals surface area contributed by atoms with Gasteiger partial charge in [-0.3, -0.25) is 4.55 Å². The van der Waals surface area contributed by atoms with Crippen LogP contribution in [0.5, 0.6) is 0 Å². The Bertz CT molecular complexity index is 2240. The molecular weight excluding hydrogens is 699 g/mol. The molecule has 2 aliphatic rings. The van der Waals surface area contributed by atoms with Gasteiger partial charge in [-0.15, -0.1) is 0 Å². The number of rotatable bonds is 12. The van der Waals surface area contributed by atoms with Gasteiger partial charge in [0.2, 0.25) is 5.69 Å². The lowest BCUT2D eigenvalue weighted by molar-refractivity contribution is -0.437. The Labute approximate surface area is 307 Å². The normalized spacial score (nSPS) is 17.3. The van der Waals surface area contributed by atoms with E-state index in [1.54, 1.807) is 24.3 Å². The molecule has 3 aromatic rings. The van der Waals surface area contributed by atoms with Crippen molar-refractivity contribution < 1.29 is 40.6 Å². The molecule has 3 aromatic carbocycles. The lowest BCUT2D eigenvalue weighted by Crippen LogP contribution is -2.29. The van der Waals surface area contributed by atoms with Gasteiger partial charge < -0.3 is 19.5 Å². The summed E-state index contributed by atoms with van der Waals surface area (Å²) in [5.74, 6) is 5.58. The summed E-state index contributed by atoms with van der Waals surface area (Å²) in [7, 11) is -10.1. The molecule has 5 rings (SSSR count). The second kappa shape index (κ2) is 15.4. The van der Waals surface area contributed by atoms with Crippen LogP contribution in [-0.2, 0) is 31.1 Å². The zero-order valence-electron chi connectivity index (χ0n) is 29.7. The fourth-order valence-electron chi connectivity index (χ4n) is 6.93. The highest BCUT2D eigenvalue weighted by Crippen LogP contribution is 2.47. The zero-order chi connectivity index (χ0) is 37.9. The molecule has 10 nitrogen and oxygen atoms in total. The van der Waals surface area contributed by atoms with Crippen molar-refractivity contribution in [3.05, 3.63) is 125 Å². The first-order valence-electron chi connectivity index (χ1n) is 17.0. The van der Waals surface area contributed by atoms with Crippen LogP contribution in [0.25, 0.3) is 0 Å². The van der Waals surface area contributed by atoms with E-state index in [4.69, 9.17) is 0 Å². The van der Waals surface area contributed by atoms with Gasteiger partial charge in [0.25, 0.3) is 10.1 Å². The average molecular weight is 743 g/mol. The summed E-state index contributed by atoms with van der Waals surface area (Å²) < 4.78 is 68.9. The van der Waals surface area contributed by atoms with Crippen LogP contribution in [-0.4, -0.2) is 78.0 Å². The molecule has 2 aliphatic heterocycles. The maximum atomic E-state index is 11.6. The second-order valence-corrected chi connectivity index (χ2v) is 17.1. The summed E-state index contributed by atoms with van der Waals surface area (Å²) in [5, 5.41) is 19.0. The van der Waals surface area contributed by atoms with Gasteiger partial charge >= 0.3 is 7.12 Å². The van der Waals surface area contributed by atoms with Gasteiger partial charge in [0.05, 0.1) is 21.3 Å². The zero-order valence-corrected chi connectivity index (χ0v) is 31.3. The molecule has 13 heteroatoms. The number of nitrogens with zero attached hydrogens (tertiary/aromatic N) is 2. The highest BCUT2D eigenvalue weighted by atomic mass is 32.2. The van der Waals surface area contributed by atoms with Crippen LogP contribution in [0.15, 0.2) is 108 Å². The first kappa shape index (κ1) is 38.9. The van der Waals surface area contributed by atoms with Crippen molar-refractivity contribution in [2.45, 2.75) is 51.4 Å². The molecule has 2 heterocycles. The standard InChI is InChI=1S/C39H43BN2O8S2/c1-38(2)32-11-5-7-13-34(32)41(25-9-27-51(45,46)47)36(38)23-19-30(16-15-29-17-21-31(22-18-29)40(43)44)20-24-37-39(3,4)33-12-6-8-14-35(33)42(37)26-10-28-52(48,49)50/h5-8,11-14,17-24,43-44H,9-10,25-28H2,1-4H3,(H-,45,46,47,48,49,50). The Hall–Kier alpha value is -4.29. The minimum absolute atomic E-state index is 0.157. The van der Waals surface area contributed by atoms with E-state index in [1.165, 1.54) is 0 Å². The van der Waals surface area contributed by atoms with E-state index in [2.05, 4.69) is 44.4 Å². The monoisotopic (exact) mass is 742 g/mol. The smallest absolute Gasteiger partial charge is 0.488 e. The molecule has 52 heavy (non-hydrogen) atoms. The van der Waals surface area contributed by atoms with Crippen molar-refractivity contribution in [2.75, 3.05) is 29.5 Å². The molecule has 0 spiro atoms. The largest absolute Gasteiger partial charge is 0.748 e. The first-order valence-corrected chi connectivity index (χ1v) is 20.2. The number of hydrogen-bond donors (Lipinski definition) is 3. The number of allylic oxidation sites excluding steroid dienone is 6. The van der Waals surface area contributed by atoms with E-state index < -0.39 is 43.9 Å². The Kier molecular flexibility index (Phi) is 11.5. The van der Waals surface area contributed by atoms with Crippen LogP contribution in [0.4, 0.5) is 11.4 Å². The summed E-state index contributed by atoms with van der Waals surface area (Å²) in [6.07, 6.45) is 8.11. The molecule has 3 N–H and O–H groups in total. The third-order valence-electron chi connectivity index (χ3n) is 9.56. The van der Waals surface area contributed by atoms with Crippen molar-refractivity contribution in [1.29, 1.82) is 0 Å². The van der Waals surface area contributed by atoms with Gasteiger partial charge in [-0.25, -0.2) is 8.42 Å². The molecule has 272 valence electrons. The van der Waals surface area contributed by atoms with Crippen LogP contribution >= 0.6 is 0 Å². The molecule has 0 radical (unpaired) electrons. The van der Waals surface area contributed by atoms with Gasteiger partial charge in [-0.1, -0.05) is 74.2 Å². The molecule has 0 fully saturated rings. The summed E-state index contributed by atoms with van der Waals surface area (Å²) >= 11 is 0. The molecular formula is C39H43BN2O8S2. The Morgan fingerprint density at radius 1 is 0.885 bits per heavy atom. The highest BCUT2D eigenvalue weighted by Gasteiger charge is 2.44. The summed E-state index contributed by atoms with van der Waals surface area (Å²) in [4.78, 5) is 2.07. The van der Waals surface area contributed by atoms with E-state index in [0.29, 0.717) is 29.7 Å². The average Bonchev–Trinajstić information content (AvgIpc) is 3.42. The number of benzene rings is 3. The van der Waals surface area contributed by atoms with E-state index >= 15 is 0 Å². The van der Waals surface area contributed by atoms with E-state index in [9.17, 15) is 36.0 Å². The molecule has 0 amide bonds.